The van der Waals surface area contributed by atoms with E-state index in [0.29, 0.717) is 15.9 Å². The Labute approximate surface area is 104 Å². The Balaban J connectivity index is 2.59. The zero-order valence-electron chi connectivity index (χ0n) is 8.67. The van der Waals surface area contributed by atoms with E-state index in [1.54, 1.807) is 12.3 Å². The molecule has 0 amide bonds. The van der Waals surface area contributed by atoms with E-state index in [1.165, 1.54) is 0 Å². The average molecular weight is 253 g/mol. The van der Waals surface area contributed by atoms with Crippen LogP contribution < -0.4 is 5.73 Å². The molecule has 2 nitrogen and oxygen atoms in total. The number of nitrogens with zero attached hydrogens (tertiary/aromatic N) is 1. The second kappa shape index (κ2) is 4.32. The summed E-state index contributed by atoms with van der Waals surface area (Å²) >= 11 is 12.1. The maximum atomic E-state index is 6.13. The summed E-state index contributed by atoms with van der Waals surface area (Å²) in [5.41, 5.74) is 8.37. The van der Waals surface area contributed by atoms with Gasteiger partial charge in [0, 0.05) is 17.3 Å². The molecular weight excluding hydrogens is 243 g/mol. The molecule has 1 heterocycles. The fourth-order valence-electron chi connectivity index (χ4n) is 1.46. The molecule has 0 bridgehead atoms. The van der Waals surface area contributed by atoms with Crippen molar-refractivity contribution in [1.29, 1.82) is 0 Å². The van der Waals surface area contributed by atoms with Gasteiger partial charge in [-0.25, -0.2) is 4.98 Å². The van der Waals surface area contributed by atoms with Gasteiger partial charge in [0.1, 0.15) is 5.82 Å². The van der Waals surface area contributed by atoms with E-state index >= 15 is 0 Å². The van der Waals surface area contributed by atoms with Gasteiger partial charge in [-0.3, -0.25) is 0 Å². The highest BCUT2D eigenvalue weighted by molar-refractivity contribution is 6.43. The molecule has 0 radical (unpaired) electrons. The van der Waals surface area contributed by atoms with Crippen molar-refractivity contribution in [2.45, 2.75) is 6.92 Å². The number of hydrogen-bond donors (Lipinski definition) is 1. The van der Waals surface area contributed by atoms with Crippen molar-refractivity contribution in [2.24, 2.45) is 0 Å². The minimum absolute atomic E-state index is 0.530. The highest BCUT2D eigenvalue weighted by atomic mass is 35.5. The summed E-state index contributed by atoms with van der Waals surface area (Å²) in [5.74, 6) is 0.530. The normalized spacial score (nSPS) is 10.4. The van der Waals surface area contributed by atoms with Crippen LogP contribution in [0.2, 0.25) is 10.0 Å². The van der Waals surface area contributed by atoms with Gasteiger partial charge in [-0.2, -0.15) is 0 Å². The lowest BCUT2D eigenvalue weighted by molar-refractivity contribution is 1.28. The van der Waals surface area contributed by atoms with Crippen LogP contribution in [0, 0.1) is 6.92 Å². The maximum absolute atomic E-state index is 6.13. The Morgan fingerprint density at radius 3 is 2.69 bits per heavy atom. The quantitative estimate of drug-likeness (QED) is 0.835. The summed E-state index contributed by atoms with van der Waals surface area (Å²) in [6.07, 6.45) is 1.69. The Kier molecular flexibility index (Phi) is 3.03. The van der Waals surface area contributed by atoms with Gasteiger partial charge >= 0.3 is 0 Å². The minimum Gasteiger partial charge on any atom is -0.383 e. The second-order valence-electron chi connectivity index (χ2n) is 3.53. The summed E-state index contributed by atoms with van der Waals surface area (Å²) in [4.78, 5) is 4.10. The smallest absolute Gasteiger partial charge is 0.126 e. The van der Waals surface area contributed by atoms with Crippen LogP contribution in [0.3, 0.4) is 0 Å². The summed E-state index contributed by atoms with van der Waals surface area (Å²) in [5, 5.41) is 1.07. The van der Waals surface area contributed by atoms with E-state index < -0.39 is 0 Å². The van der Waals surface area contributed by atoms with Gasteiger partial charge < -0.3 is 5.73 Å². The predicted molar refractivity (Wildman–Crippen MR) is 68.8 cm³/mol. The summed E-state index contributed by atoms with van der Waals surface area (Å²) in [7, 11) is 0. The van der Waals surface area contributed by atoms with Gasteiger partial charge in [-0.05, 0) is 24.6 Å². The van der Waals surface area contributed by atoms with Crippen molar-refractivity contribution >= 4 is 29.0 Å². The third kappa shape index (κ3) is 1.99. The molecule has 0 spiro atoms. The van der Waals surface area contributed by atoms with Gasteiger partial charge in [-0.15, -0.1) is 0 Å². The summed E-state index contributed by atoms with van der Waals surface area (Å²) in [6.45, 7) is 1.91. The number of pyridine rings is 1. The lowest BCUT2D eigenvalue weighted by Gasteiger charge is -2.07. The molecule has 16 heavy (non-hydrogen) atoms. The molecule has 2 rings (SSSR count). The number of halogens is 2. The molecule has 0 unspecified atom stereocenters. The third-order valence-corrected chi connectivity index (χ3v) is 3.20. The molecule has 2 aromatic rings. The van der Waals surface area contributed by atoms with E-state index in [0.717, 1.165) is 16.7 Å². The largest absolute Gasteiger partial charge is 0.383 e. The van der Waals surface area contributed by atoms with E-state index in [1.807, 2.05) is 25.1 Å². The number of aryl methyl sites for hydroxylation is 1. The number of benzene rings is 1. The van der Waals surface area contributed by atoms with Crippen molar-refractivity contribution in [3.63, 3.8) is 0 Å². The molecule has 0 aliphatic heterocycles. The number of nitrogen functional groups attached to an aromatic ring is 1. The van der Waals surface area contributed by atoms with E-state index in [-0.39, 0.29) is 0 Å². The SMILES string of the molecule is Cc1cc(-c2cccc(Cl)c2Cl)cnc1N. The number of rotatable bonds is 1. The van der Waals surface area contributed by atoms with Crippen LogP contribution in [0.4, 0.5) is 5.82 Å². The number of nitrogens with two attached hydrogens (primary N) is 1. The van der Waals surface area contributed by atoms with Crippen molar-refractivity contribution in [3.05, 3.63) is 46.1 Å². The van der Waals surface area contributed by atoms with Crippen molar-refractivity contribution in [2.75, 3.05) is 5.73 Å². The Bertz CT molecular complexity index is 539. The first-order chi connectivity index (χ1) is 7.59. The van der Waals surface area contributed by atoms with E-state index in [9.17, 15) is 0 Å². The summed E-state index contributed by atoms with van der Waals surface area (Å²) in [6, 6.07) is 7.46. The van der Waals surface area contributed by atoms with Crippen LogP contribution in [0.15, 0.2) is 30.5 Å². The monoisotopic (exact) mass is 252 g/mol. The zero-order chi connectivity index (χ0) is 11.7. The first kappa shape index (κ1) is 11.2. The first-order valence-corrected chi connectivity index (χ1v) is 5.51. The van der Waals surface area contributed by atoms with Gasteiger partial charge in [0.2, 0.25) is 0 Å². The molecule has 0 saturated carbocycles. The third-order valence-electron chi connectivity index (χ3n) is 2.38. The molecule has 4 heteroatoms. The highest BCUT2D eigenvalue weighted by Crippen LogP contribution is 2.33. The Morgan fingerprint density at radius 1 is 1.25 bits per heavy atom. The lowest BCUT2D eigenvalue weighted by atomic mass is 10.1. The Hall–Kier alpha value is -1.25. The fraction of sp³-hybridized carbons (Fsp3) is 0.0833. The highest BCUT2D eigenvalue weighted by Gasteiger charge is 2.07. The lowest BCUT2D eigenvalue weighted by Crippen LogP contribution is -1.94. The molecule has 0 aliphatic carbocycles. The number of anilines is 1. The van der Waals surface area contributed by atoms with Crippen molar-refractivity contribution in [3.8, 4) is 11.1 Å². The van der Waals surface area contributed by atoms with Crippen molar-refractivity contribution in [1.82, 2.24) is 4.98 Å². The molecule has 1 aromatic carbocycles. The molecule has 1 aromatic heterocycles. The van der Waals surface area contributed by atoms with Crippen LogP contribution in [0.25, 0.3) is 11.1 Å². The average Bonchev–Trinajstić information content (AvgIpc) is 2.26. The molecule has 82 valence electrons. The molecule has 0 aliphatic rings. The molecule has 0 fully saturated rings. The molecule has 0 saturated heterocycles. The maximum Gasteiger partial charge on any atom is 0.126 e. The Morgan fingerprint density at radius 2 is 2.00 bits per heavy atom. The molecular formula is C12H10Cl2N2. The zero-order valence-corrected chi connectivity index (χ0v) is 10.2. The minimum atomic E-state index is 0.530. The standard InChI is InChI=1S/C12H10Cl2N2/c1-7-5-8(6-16-12(7)15)9-3-2-4-10(13)11(9)14/h2-6H,1H3,(H2,15,16). The number of hydrogen-bond acceptors (Lipinski definition) is 2. The van der Waals surface area contributed by atoms with E-state index in [2.05, 4.69) is 4.98 Å². The van der Waals surface area contributed by atoms with Gasteiger partial charge in [0.05, 0.1) is 10.0 Å². The van der Waals surface area contributed by atoms with Crippen LogP contribution in [0.5, 0.6) is 0 Å². The summed E-state index contributed by atoms with van der Waals surface area (Å²) < 4.78 is 0. The predicted octanol–water partition coefficient (Wildman–Crippen LogP) is 3.95. The number of aromatic nitrogens is 1. The van der Waals surface area contributed by atoms with Gasteiger partial charge in [0.15, 0.2) is 0 Å². The van der Waals surface area contributed by atoms with Gasteiger partial charge in [0.25, 0.3) is 0 Å². The second-order valence-corrected chi connectivity index (χ2v) is 4.31. The first-order valence-electron chi connectivity index (χ1n) is 4.76. The van der Waals surface area contributed by atoms with E-state index in [4.69, 9.17) is 28.9 Å². The van der Waals surface area contributed by atoms with Crippen molar-refractivity contribution < 1.29 is 0 Å². The fourth-order valence-corrected chi connectivity index (χ4v) is 1.87. The molecule has 0 atom stereocenters. The molecule has 2 N–H and O–H groups in total. The van der Waals surface area contributed by atoms with Crippen LogP contribution in [-0.2, 0) is 0 Å². The van der Waals surface area contributed by atoms with Crippen LogP contribution in [-0.4, -0.2) is 4.98 Å². The topological polar surface area (TPSA) is 38.9 Å². The van der Waals surface area contributed by atoms with Crippen LogP contribution >= 0.6 is 23.2 Å². The van der Waals surface area contributed by atoms with Gasteiger partial charge in [-0.1, -0.05) is 35.3 Å². The van der Waals surface area contributed by atoms with Crippen LogP contribution in [0.1, 0.15) is 5.56 Å².